The van der Waals surface area contributed by atoms with Crippen molar-refractivity contribution in [2.24, 2.45) is 5.73 Å². The molecule has 0 aliphatic carbocycles. The number of hydrogen-bond acceptors (Lipinski definition) is 2. The average Bonchev–Trinajstić information content (AvgIpc) is 2.92. The van der Waals surface area contributed by atoms with Crippen molar-refractivity contribution in [2.45, 2.75) is 27.3 Å². The van der Waals surface area contributed by atoms with E-state index in [1.54, 1.807) is 7.11 Å². The summed E-state index contributed by atoms with van der Waals surface area (Å²) in [7, 11) is 1.66. The third kappa shape index (κ3) is 3.36. The monoisotopic (exact) mass is 348 g/mol. The molecule has 3 aromatic rings. The Morgan fingerprint density at radius 1 is 1.04 bits per heavy atom. The molecule has 0 radical (unpaired) electrons. The lowest BCUT2D eigenvalue weighted by Gasteiger charge is -2.14. The first-order valence-electron chi connectivity index (χ1n) is 8.61. The van der Waals surface area contributed by atoms with Gasteiger partial charge in [0, 0.05) is 23.5 Å². The molecular weight excluding hydrogens is 324 g/mol. The molecule has 4 heteroatoms. The van der Waals surface area contributed by atoms with Crippen molar-refractivity contribution >= 4 is 5.91 Å². The zero-order valence-electron chi connectivity index (χ0n) is 15.7. The van der Waals surface area contributed by atoms with Crippen molar-refractivity contribution in [1.82, 2.24) is 4.57 Å². The molecule has 4 nitrogen and oxygen atoms in total. The summed E-state index contributed by atoms with van der Waals surface area (Å²) >= 11 is 0. The lowest BCUT2D eigenvalue weighted by atomic mass is 10.0. The van der Waals surface area contributed by atoms with E-state index in [2.05, 4.69) is 36.6 Å². The maximum absolute atomic E-state index is 11.9. The smallest absolute Gasteiger partial charge is 0.250 e. The molecule has 0 saturated carbocycles. The Morgan fingerprint density at radius 2 is 1.73 bits per heavy atom. The minimum atomic E-state index is -0.401. The molecule has 0 fully saturated rings. The maximum atomic E-state index is 11.9. The van der Waals surface area contributed by atoms with Gasteiger partial charge >= 0.3 is 0 Å². The number of benzene rings is 2. The zero-order chi connectivity index (χ0) is 18.8. The van der Waals surface area contributed by atoms with Crippen LogP contribution in [-0.4, -0.2) is 17.6 Å². The largest absolute Gasteiger partial charge is 0.497 e. The molecule has 26 heavy (non-hydrogen) atoms. The molecule has 2 N–H and O–H groups in total. The van der Waals surface area contributed by atoms with E-state index in [9.17, 15) is 4.79 Å². The highest BCUT2D eigenvalue weighted by atomic mass is 16.5. The number of carbonyl (C=O) groups excluding carboxylic acids is 1. The lowest BCUT2D eigenvalue weighted by Crippen LogP contribution is -2.12. The van der Waals surface area contributed by atoms with E-state index >= 15 is 0 Å². The fourth-order valence-corrected chi connectivity index (χ4v) is 3.34. The number of nitrogens with two attached hydrogens (primary N) is 1. The summed E-state index contributed by atoms with van der Waals surface area (Å²) in [5, 5.41) is 0. The molecule has 0 atom stereocenters. The fraction of sp³-hybridized carbons (Fsp3) is 0.227. The van der Waals surface area contributed by atoms with E-state index in [0.717, 1.165) is 28.3 Å². The van der Waals surface area contributed by atoms with Gasteiger partial charge in [0.2, 0.25) is 0 Å². The first-order chi connectivity index (χ1) is 12.4. The number of aromatic nitrogens is 1. The van der Waals surface area contributed by atoms with Crippen molar-refractivity contribution in [3.8, 4) is 17.0 Å². The zero-order valence-corrected chi connectivity index (χ0v) is 15.7. The number of hydrogen-bond donors (Lipinski definition) is 1. The van der Waals surface area contributed by atoms with Crippen LogP contribution in [0.15, 0.2) is 48.5 Å². The highest BCUT2D eigenvalue weighted by molar-refractivity contribution is 5.95. The molecule has 0 aliphatic rings. The molecule has 3 rings (SSSR count). The molecule has 134 valence electrons. The summed E-state index contributed by atoms with van der Waals surface area (Å²) in [6.45, 7) is 6.77. The van der Waals surface area contributed by atoms with Crippen LogP contribution in [0.4, 0.5) is 0 Å². The topological polar surface area (TPSA) is 57.2 Å². The van der Waals surface area contributed by atoms with Gasteiger partial charge in [-0.3, -0.25) is 4.79 Å². The predicted molar refractivity (Wildman–Crippen MR) is 105 cm³/mol. The van der Waals surface area contributed by atoms with Gasteiger partial charge in [0.25, 0.3) is 5.91 Å². The van der Waals surface area contributed by atoms with Crippen LogP contribution in [0.1, 0.15) is 32.7 Å². The van der Waals surface area contributed by atoms with E-state index in [-0.39, 0.29) is 0 Å². The van der Waals surface area contributed by atoms with Crippen molar-refractivity contribution < 1.29 is 9.53 Å². The van der Waals surface area contributed by atoms with Crippen molar-refractivity contribution in [3.05, 3.63) is 76.5 Å². The van der Waals surface area contributed by atoms with Gasteiger partial charge in [-0.25, -0.2) is 0 Å². The second-order valence-corrected chi connectivity index (χ2v) is 6.65. The molecular formula is C22H24N2O2. The first-order valence-corrected chi connectivity index (χ1v) is 8.61. The van der Waals surface area contributed by atoms with E-state index in [1.165, 1.54) is 11.1 Å². The van der Waals surface area contributed by atoms with E-state index in [1.807, 2.05) is 37.3 Å². The van der Waals surface area contributed by atoms with Crippen molar-refractivity contribution in [1.29, 1.82) is 0 Å². The Kier molecular flexibility index (Phi) is 4.85. The van der Waals surface area contributed by atoms with Crippen LogP contribution in [0.25, 0.3) is 11.3 Å². The quantitative estimate of drug-likeness (QED) is 0.750. The van der Waals surface area contributed by atoms with Crippen molar-refractivity contribution in [2.75, 3.05) is 7.11 Å². The van der Waals surface area contributed by atoms with Gasteiger partial charge in [0.1, 0.15) is 5.75 Å². The number of carbonyl (C=O) groups is 1. The highest BCUT2D eigenvalue weighted by Crippen LogP contribution is 2.30. The Hall–Kier alpha value is -3.01. The molecule has 2 aromatic carbocycles. The van der Waals surface area contributed by atoms with Crippen LogP contribution in [0, 0.1) is 20.8 Å². The van der Waals surface area contributed by atoms with Crippen LogP contribution in [-0.2, 0) is 6.54 Å². The van der Waals surface area contributed by atoms with Crippen LogP contribution in [0.3, 0.4) is 0 Å². The summed E-state index contributed by atoms with van der Waals surface area (Å²) in [5.74, 6) is 0.424. The second-order valence-electron chi connectivity index (χ2n) is 6.65. The standard InChI is InChI=1S/C22H24N2O2/c1-14-5-10-19(15(2)11-14)21-12-20(22(23)25)16(3)24(21)13-17-6-8-18(26-4)9-7-17/h5-12H,13H2,1-4H3,(H2,23,25). The Bertz CT molecular complexity index is 953. The first kappa shape index (κ1) is 17.8. The third-order valence-corrected chi connectivity index (χ3v) is 4.79. The molecule has 0 unspecified atom stereocenters. The molecule has 1 heterocycles. The molecule has 0 spiro atoms. The number of rotatable bonds is 5. The van der Waals surface area contributed by atoms with Crippen LogP contribution < -0.4 is 10.5 Å². The van der Waals surface area contributed by atoms with Crippen LogP contribution >= 0.6 is 0 Å². The number of aryl methyl sites for hydroxylation is 2. The minimum Gasteiger partial charge on any atom is -0.497 e. The maximum Gasteiger partial charge on any atom is 0.250 e. The fourth-order valence-electron chi connectivity index (χ4n) is 3.34. The summed E-state index contributed by atoms with van der Waals surface area (Å²) < 4.78 is 7.38. The number of primary amides is 1. The number of amides is 1. The van der Waals surface area contributed by atoms with E-state index < -0.39 is 5.91 Å². The van der Waals surface area contributed by atoms with Crippen LogP contribution in [0.2, 0.25) is 0 Å². The van der Waals surface area contributed by atoms with Gasteiger partial charge in [-0.15, -0.1) is 0 Å². The van der Waals surface area contributed by atoms with Crippen molar-refractivity contribution in [3.63, 3.8) is 0 Å². The Morgan fingerprint density at radius 3 is 2.31 bits per heavy atom. The van der Waals surface area contributed by atoms with Gasteiger partial charge < -0.3 is 15.0 Å². The Labute approximate surface area is 154 Å². The lowest BCUT2D eigenvalue weighted by molar-refractivity contribution is 0.0999. The number of nitrogens with zero attached hydrogens (tertiary/aromatic N) is 1. The van der Waals surface area contributed by atoms with Gasteiger partial charge in [0.15, 0.2) is 0 Å². The summed E-state index contributed by atoms with van der Waals surface area (Å²) in [5.41, 5.74) is 12.7. The summed E-state index contributed by atoms with van der Waals surface area (Å²) in [6, 6.07) is 16.2. The van der Waals surface area contributed by atoms with Gasteiger partial charge in [-0.05, 0) is 50.1 Å². The molecule has 0 aliphatic heterocycles. The van der Waals surface area contributed by atoms with Gasteiger partial charge in [-0.1, -0.05) is 35.9 Å². The molecule has 0 bridgehead atoms. The normalized spacial score (nSPS) is 10.8. The van der Waals surface area contributed by atoms with Gasteiger partial charge in [-0.2, -0.15) is 0 Å². The number of ether oxygens (including phenoxy) is 1. The summed E-state index contributed by atoms with van der Waals surface area (Å²) in [6.07, 6.45) is 0. The molecule has 0 saturated heterocycles. The SMILES string of the molecule is COc1ccc(Cn2c(-c3ccc(C)cc3C)cc(C(N)=O)c2C)cc1. The van der Waals surface area contributed by atoms with Gasteiger partial charge in [0.05, 0.1) is 12.7 Å². The van der Waals surface area contributed by atoms with E-state index in [4.69, 9.17) is 10.5 Å². The molecule has 1 aromatic heterocycles. The minimum absolute atomic E-state index is 0.401. The number of methoxy groups -OCH3 is 1. The van der Waals surface area contributed by atoms with Crippen LogP contribution in [0.5, 0.6) is 5.75 Å². The second kappa shape index (κ2) is 7.08. The molecule has 1 amide bonds. The highest BCUT2D eigenvalue weighted by Gasteiger charge is 2.18. The summed E-state index contributed by atoms with van der Waals surface area (Å²) in [4.78, 5) is 11.9. The predicted octanol–water partition coefficient (Wildman–Crippen LogP) is 4.24. The third-order valence-electron chi connectivity index (χ3n) is 4.79. The average molecular weight is 348 g/mol. The Balaban J connectivity index is 2.11. The van der Waals surface area contributed by atoms with E-state index in [0.29, 0.717) is 12.1 Å².